The van der Waals surface area contributed by atoms with E-state index in [1.54, 1.807) is 12.1 Å². The molecule has 2 N–H and O–H groups in total. The summed E-state index contributed by atoms with van der Waals surface area (Å²) >= 11 is 0. The van der Waals surface area contributed by atoms with E-state index in [0.29, 0.717) is 24.7 Å². The lowest BCUT2D eigenvalue weighted by molar-refractivity contribution is -0.121. The Kier molecular flexibility index (Phi) is 7.08. The standard InChI is InChI=1S/C15H21NO5/c1-3-5-8-20-12-7-6-11(9-13(12)19-4-2)15(18)21-10-14(16)17/h6-7,9H,3-5,8,10H2,1-2H3,(H2,16,17). The van der Waals surface area contributed by atoms with Crippen molar-refractivity contribution in [1.82, 2.24) is 0 Å². The van der Waals surface area contributed by atoms with Crippen LogP contribution in [0.4, 0.5) is 0 Å². The summed E-state index contributed by atoms with van der Waals surface area (Å²) in [5, 5.41) is 0. The quantitative estimate of drug-likeness (QED) is 0.555. The Morgan fingerprint density at radius 3 is 2.52 bits per heavy atom. The van der Waals surface area contributed by atoms with E-state index >= 15 is 0 Å². The molecular weight excluding hydrogens is 274 g/mol. The molecule has 0 bridgehead atoms. The molecule has 0 aliphatic rings. The van der Waals surface area contributed by atoms with Crippen molar-refractivity contribution in [3.8, 4) is 11.5 Å². The fourth-order valence-corrected chi connectivity index (χ4v) is 1.57. The molecule has 116 valence electrons. The number of benzene rings is 1. The van der Waals surface area contributed by atoms with Gasteiger partial charge in [-0.1, -0.05) is 13.3 Å². The lowest BCUT2D eigenvalue weighted by Crippen LogP contribution is -2.20. The second kappa shape index (κ2) is 8.84. The number of esters is 1. The van der Waals surface area contributed by atoms with Crippen LogP contribution in [0.2, 0.25) is 0 Å². The van der Waals surface area contributed by atoms with Crippen LogP contribution >= 0.6 is 0 Å². The first-order chi connectivity index (χ1) is 10.1. The van der Waals surface area contributed by atoms with Crippen LogP contribution in [0, 0.1) is 0 Å². The minimum absolute atomic E-state index is 0.280. The van der Waals surface area contributed by atoms with Crippen molar-refractivity contribution in [1.29, 1.82) is 0 Å². The van der Waals surface area contributed by atoms with Crippen molar-refractivity contribution in [3.63, 3.8) is 0 Å². The molecule has 0 unspecified atom stereocenters. The highest BCUT2D eigenvalue weighted by atomic mass is 16.5. The van der Waals surface area contributed by atoms with Crippen molar-refractivity contribution in [2.75, 3.05) is 19.8 Å². The third-order valence-electron chi connectivity index (χ3n) is 2.58. The van der Waals surface area contributed by atoms with Crippen LogP contribution in [0.1, 0.15) is 37.0 Å². The summed E-state index contributed by atoms with van der Waals surface area (Å²) in [4.78, 5) is 22.4. The molecule has 1 amide bonds. The molecule has 1 rings (SSSR count). The third-order valence-corrected chi connectivity index (χ3v) is 2.58. The molecule has 0 spiro atoms. The highest BCUT2D eigenvalue weighted by Gasteiger charge is 2.13. The molecule has 0 fully saturated rings. The molecule has 21 heavy (non-hydrogen) atoms. The Bertz CT molecular complexity index is 487. The van der Waals surface area contributed by atoms with Gasteiger partial charge in [0.25, 0.3) is 5.91 Å². The van der Waals surface area contributed by atoms with Crippen molar-refractivity contribution < 1.29 is 23.8 Å². The molecule has 1 aromatic carbocycles. The molecule has 6 heteroatoms. The summed E-state index contributed by atoms with van der Waals surface area (Å²) in [6, 6.07) is 4.75. The SMILES string of the molecule is CCCCOc1ccc(C(=O)OCC(N)=O)cc1OCC. The summed E-state index contributed by atoms with van der Waals surface area (Å²) < 4.78 is 15.8. The number of amides is 1. The maximum Gasteiger partial charge on any atom is 0.338 e. The van der Waals surface area contributed by atoms with Crippen LogP contribution in [0.5, 0.6) is 11.5 Å². The third kappa shape index (κ3) is 5.72. The highest BCUT2D eigenvalue weighted by molar-refractivity contribution is 5.91. The molecule has 0 atom stereocenters. The van der Waals surface area contributed by atoms with E-state index in [1.165, 1.54) is 6.07 Å². The van der Waals surface area contributed by atoms with Crippen molar-refractivity contribution >= 4 is 11.9 Å². The van der Waals surface area contributed by atoms with Gasteiger partial charge in [0.1, 0.15) is 0 Å². The Morgan fingerprint density at radius 1 is 1.14 bits per heavy atom. The van der Waals surface area contributed by atoms with Gasteiger partial charge in [0.05, 0.1) is 18.8 Å². The van der Waals surface area contributed by atoms with Crippen LogP contribution in [-0.2, 0) is 9.53 Å². The number of hydrogen-bond acceptors (Lipinski definition) is 5. The lowest BCUT2D eigenvalue weighted by Gasteiger charge is -2.13. The highest BCUT2D eigenvalue weighted by Crippen LogP contribution is 2.29. The van der Waals surface area contributed by atoms with Gasteiger partial charge in [-0.05, 0) is 31.5 Å². The number of carbonyl (C=O) groups is 2. The van der Waals surface area contributed by atoms with Crippen LogP contribution in [-0.4, -0.2) is 31.7 Å². The van der Waals surface area contributed by atoms with Gasteiger partial charge in [-0.15, -0.1) is 0 Å². The Balaban J connectivity index is 2.80. The normalized spacial score (nSPS) is 10.0. The van der Waals surface area contributed by atoms with Crippen LogP contribution in [0.25, 0.3) is 0 Å². The van der Waals surface area contributed by atoms with Gasteiger partial charge in [-0.3, -0.25) is 4.79 Å². The molecular formula is C15H21NO5. The van der Waals surface area contributed by atoms with Crippen LogP contribution < -0.4 is 15.2 Å². The zero-order valence-electron chi connectivity index (χ0n) is 12.4. The van der Waals surface area contributed by atoms with Crippen LogP contribution in [0.15, 0.2) is 18.2 Å². The number of primary amides is 1. The summed E-state index contributed by atoms with van der Waals surface area (Å²) in [7, 11) is 0. The largest absolute Gasteiger partial charge is 0.490 e. The first kappa shape index (κ1) is 16.8. The lowest BCUT2D eigenvalue weighted by atomic mass is 10.2. The zero-order valence-corrected chi connectivity index (χ0v) is 12.4. The molecule has 0 aliphatic carbocycles. The van der Waals surface area contributed by atoms with Crippen molar-refractivity contribution in [2.24, 2.45) is 5.73 Å². The maximum atomic E-state index is 11.8. The predicted molar refractivity (Wildman–Crippen MR) is 77.5 cm³/mol. The molecule has 0 heterocycles. The summed E-state index contributed by atoms with van der Waals surface area (Å²) in [6.07, 6.45) is 1.97. The molecule has 0 saturated heterocycles. The molecule has 6 nitrogen and oxygen atoms in total. The maximum absolute atomic E-state index is 11.8. The smallest absolute Gasteiger partial charge is 0.338 e. The molecule has 0 saturated carbocycles. The summed E-state index contributed by atoms with van der Waals surface area (Å²) in [5.41, 5.74) is 5.21. The number of unbranched alkanes of at least 4 members (excludes halogenated alkanes) is 1. The zero-order chi connectivity index (χ0) is 15.7. The Labute approximate surface area is 124 Å². The minimum Gasteiger partial charge on any atom is -0.490 e. The fourth-order valence-electron chi connectivity index (χ4n) is 1.57. The van der Waals surface area contributed by atoms with Gasteiger partial charge < -0.3 is 19.9 Å². The van der Waals surface area contributed by atoms with Gasteiger partial charge >= 0.3 is 5.97 Å². The number of rotatable bonds is 9. The Hall–Kier alpha value is -2.24. The number of carbonyl (C=O) groups excluding carboxylic acids is 2. The second-order valence-corrected chi connectivity index (χ2v) is 4.34. The predicted octanol–water partition coefficient (Wildman–Crippen LogP) is 1.91. The van der Waals surface area contributed by atoms with E-state index in [-0.39, 0.29) is 5.56 Å². The second-order valence-electron chi connectivity index (χ2n) is 4.34. The topological polar surface area (TPSA) is 87.9 Å². The van der Waals surface area contributed by atoms with Gasteiger partial charge in [0.15, 0.2) is 18.1 Å². The minimum atomic E-state index is -0.701. The van der Waals surface area contributed by atoms with E-state index in [1.807, 2.05) is 6.92 Å². The Morgan fingerprint density at radius 2 is 1.90 bits per heavy atom. The average molecular weight is 295 g/mol. The molecule has 0 aliphatic heterocycles. The van der Waals surface area contributed by atoms with Gasteiger partial charge in [0, 0.05) is 0 Å². The summed E-state index contributed by atoms with van der Waals surface area (Å²) in [6.45, 7) is 4.50. The van der Waals surface area contributed by atoms with Crippen molar-refractivity contribution in [3.05, 3.63) is 23.8 Å². The number of nitrogens with two attached hydrogens (primary N) is 1. The van der Waals surface area contributed by atoms with Gasteiger partial charge in [0.2, 0.25) is 0 Å². The first-order valence-electron chi connectivity index (χ1n) is 6.93. The fraction of sp³-hybridized carbons (Fsp3) is 0.467. The van der Waals surface area contributed by atoms with E-state index < -0.39 is 18.5 Å². The van der Waals surface area contributed by atoms with E-state index in [4.69, 9.17) is 19.9 Å². The van der Waals surface area contributed by atoms with Gasteiger partial charge in [-0.25, -0.2) is 4.79 Å². The van der Waals surface area contributed by atoms with Crippen LogP contribution in [0.3, 0.4) is 0 Å². The van der Waals surface area contributed by atoms with E-state index in [0.717, 1.165) is 12.8 Å². The van der Waals surface area contributed by atoms with Gasteiger partial charge in [-0.2, -0.15) is 0 Å². The number of ether oxygens (including phenoxy) is 3. The number of hydrogen-bond donors (Lipinski definition) is 1. The molecule has 0 aromatic heterocycles. The monoisotopic (exact) mass is 295 g/mol. The molecule has 1 aromatic rings. The average Bonchev–Trinajstić information content (AvgIpc) is 2.46. The van der Waals surface area contributed by atoms with E-state index in [9.17, 15) is 9.59 Å². The first-order valence-corrected chi connectivity index (χ1v) is 6.93. The summed E-state index contributed by atoms with van der Waals surface area (Å²) in [5.74, 6) is -0.276. The van der Waals surface area contributed by atoms with Crippen molar-refractivity contribution in [2.45, 2.75) is 26.7 Å². The van der Waals surface area contributed by atoms with E-state index in [2.05, 4.69) is 6.92 Å². The molecule has 0 radical (unpaired) electrons.